The van der Waals surface area contributed by atoms with Gasteiger partial charge in [-0.3, -0.25) is 0 Å². The predicted octanol–water partition coefficient (Wildman–Crippen LogP) is 1.40. The average Bonchev–Trinajstić information content (AvgIpc) is 3.27. The molecule has 134 valence electrons. The van der Waals surface area contributed by atoms with Crippen molar-refractivity contribution in [3.05, 3.63) is 30.3 Å². The largest absolute Gasteiger partial charge is 0.384 e. The van der Waals surface area contributed by atoms with Crippen LogP contribution in [0.2, 0.25) is 0 Å². The first-order valence-corrected chi connectivity index (χ1v) is 8.88. The zero-order valence-corrected chi connectivity index (χ0v) is 14.3. The number of β-amino-alcohol motifs (C(OH)–C–C–N with tert-alkyl or cyclic N) is 1. The van der Waals surface area contributed by atoms with Crippen LogP contribution < -0.4 is 4.90 Å². The maximum atomic E-state index is 11.1. The smallest absolute Gasteiger partial charge is 0.324 e. The lowest BCUT2D eigenvalue weighted by Gasteiger charge is -2.33. The summed E-state index contributed by atoms with van der Waals surface area (Å²) in [5, 5.41) is 15.2. The molecule has 0 aliphatic carbocycles. The summed E-state index contributed by atoms with van der Waals surface area (Å²) in [6.45, 7) is 4.62. The molecule has 2 fully saturated rings. The molecule has 2 aliphatic rings. The SMILES string of the molecule is O[C@@]1(CN2CCCC2)COCCN(c2nc(-c3ccccc3)no2)C1. The lowest BCUT2D eigenvalue weighted by atomic mass is 10.0. The Labute approximate surface area is 147 Å². The van der Waals surface area contributed by atoms with Gasteiger partial charge in [-0.15, -0.1) is 0 Å². The van der Waals surface area contributed by atoms with E-state index in [4.69, 9.17) is 9.26 Å². The van der Waals surface area contributed by atoms with Crippen LogP contribution >= 0.6 is 0 Å². The first-order valence-electron chi connectivity index (χ1n) is 8.88. The van der Waals surface area contributed by atoms with E-state index in [1.807, 2.05) is 35.2 Å². The number of likely N-dealkylation sites (tertiary alicyclic amines) is 1. The van der Waals surface area contributed by atoms with Crippen molar-refractivity contribution in [2.45, 2.75) is 18.4 Å². The van der Waals surface area contributed by atoms with Crippen LogP contribution in [0.4, 0.5) is 6.01 Å². The van der Waals surface area contributed by atoms with Gasteiger partial charge in [0.05, 0.1) is 19.8 Å². The normalized spacial score (nSPS) is 25.2. The van der Waals surface area contributed by atoms with Crippen LogP contribution in [-0.4, -0.2) is 71.7 Å². The molecule has 0 radical (unpaired) electrons. The third-order valence-corrected chi connectivity index (χ3v) is 4.80. The lowest BCUT2D eigenvalue weighted by Crippen LogP contribution is -2.52. The van der Waals surface area contributed by atoms with Crippen molar-refractivity contribution in [2.24, 2.45) is 0 Å². The van der Waals surface area contributed by atoms with E-state index in [2.05, 4.69) is 15.0 Å². The second-order valence-electron chi connectivity index (χ2n) is 6.95. The third-order valence-electron chi connectivity index (χ3n) is 4.80. The molecule has 1 aromatic heterocycles. The van der Waals surface area contributed by atoms with Crippen molar-refractivity contribution < 1.29 is 14.4 Å². The lowest BCUT2D eigenvalue weighted by molar-refractivity contribution is -0.0441. The average molecular weight is 344 g/mol. The Balaban J connectivity index is 1.50. The molecule has 0 unspecified atom stereocenters. The second kappa shape index (κ2) is 7.11. The van der Waals surface area contributed by atoms with Gasteiger partial charge in [0.1, 0.15) is 5.60 Å². The number of hydrogen-bond donors (Lipinski definition) is 1. The van der Waals surface area contributed by atoms with E-state index < -0.39 is 5.60 Å². The zero-order valence-electron chi connectivity index (χ0n) is 14.3. The topological polar surface area (TPSA) is 74.9 Å². The van der Waals surface area contributed by atoms with E-state index >= 15 is 0 Å². The molecule has 2 aromatic rings. The maximum absolute atomic E-state index is 11.1. The van der Waals surface area contributed by atoms with Gasteiger partial charge in [0.25, 0.3) is 0 Å². The van der Waals surface area contributed by atoms with E-state index in [1.54, 1.807) is 0 Å². The molecule has 7 heteroatoms. The monoisotopic (exact) mass is 344 g/mol. The van der Waals surface area contributed by atoms with Gasteiger partial charge in [-0.1, -0.05) is 35.5 Å². The van der Waals surface area contributed by atoms with Gasteiger partial charge in [0.2, 0.25) is 5.82 Å². The van der Waals surface area contributed by atoms with Gasteiger partial charge >= 0.3 is 6.01 Å². The van der Waals surface area contributed by atoms with Crippen molar-refractivity contribution in [3.63, 3.8) is 0 Å². The Bertz CT molecular complexity index is 687. The van der Waals surface area contributed by atoms with E-state index in [1.165, 1.54) is 12.8 Å². The number of benzene rings is 1. The molecule has 0 spiro atoms. The van der Waals surface area contributed by atoms with Gasteiger partial charge in [0, 0.05) is 18.7 Å². The molecule has 1 N–H and O–H groups in total. The molecule has 4 rings (SSSR count). The van der Waals surface area contributed by atoms with Crippen molar-refractivity contribution in [2.75, 3.05) is 50.8 Å². The summed E-state index contributed by atoms with van der Waals surface area (Å²) in [5.41, 5.74) is -0.0155. The van der Waals surface area contributed by atoms with Crippen molar-refractivity contribution in [1.82, 2.24) is 15.0 Å². The highest BCUT2D eigenvalue weighted by Crippen LogP contribution is 2.24. The number of hydrogen-bond acceptors (Lipinski definition) is 7. The highest BCUT2D eigenvalue weighted by molar-refractivity contribution is 5.55. The summed E-state index contributed by atoms with van der Waals surface area (Å²) in [6.07, 6.45) is 2.40. The molecule has 3 heterocycles. The minimum absolute atomic E-state index is 0.333. The molecule has 25 heavy (non-hydrogen) atoms. The Morgan fingerprint density at radius 1 is 1.12 bits per heavy atom. The summed E-state index contributed by atoms with van der Waals surface area (Å²) < 4.78 is 11.1. The van der Waals surface area contributed by atoms with Crippen LogP contribution in [0, 0.1) is 0 Å². The van der Waals surface area contributed by atoms with Crippen molar-refractivity contribution in [3.8, 4) is 11.4 Å². The summed E-state index contributed by atoms with van der Waals surface area (Å²) in [5.74, 6) is 0.559. The van der Waals surface area contributed by atoms with Crippen molar-refractivity contribution in [1.29, 1.82) is 0 Å². The Hall–Kier alpha value is -1.96. The number of aliphatic hydroxyl groups is 1. The molecule has 7 nitrogen and oxygen atoms in total. The molecular formula is C18H24N4O3. The molecule has 1 aromatic carbocycles. The van der Waals surface area contributed by atoms with Gasteiger partial charge in [0.15, 0.2) is 0 Å². The van der Waals surface area contributed by atoms with Crippen LogP contribution in [0.1, 0.15) is 12.8 Å². The highest BCUT2D eigenvalue weighted by Gasteiger charge is 2.36. The molecule has 0 bridgehead atoms. The molecule has 0 amide bonds. The number of nitrogens with zero attached hydrogens (tertiary/aromatic N) is 4. The first kappa shape index (κ1) is 16.5. The Morgan fingerprint density at radius 2 is 1.92 bits per heavy atom. The molecule has 1 atom stereocenters. The predicted molar refractivity (Wildman–Crippen MR) is 93.4 cm³/mol. The minimum Gasteiger partial charge on any atom is -0.384 e. The van der Waals surface area contributed by atoms with Crippen LogP contribution in [0.3, 0.4) is 0 Å². The maximum Gasteiger partial charge on any atom is 0.324 e. The molecule has 2 saturated heterocycles. The fraction of sp³-hybridized carbons (Fsp3) is 0.556. The first-order chi connectivity index (χ1) is 12.2. The summed E-state index contributed by atoms with van der Waals surface area (Å²) in [7, 11) is 0. The number of aromatic nitrogens is 2. The number of anilines is 1. The van der Waals surface area contributed by atoms with E-state index in [0.29, 0.717) is 44.7 Å². The third kappa shape index (κ3) is 3.84. The number of rotatable bonds is 4. The van der Waals surface area contributed by atoms with Crippen LogP contribution in [0.15, 0.2) is 34.9 Å². The quantitative estimate of drug-likeness (QED) is 0.898. The number of ether oxygens (including phenoxy) is 1. The van der Waals surface area contributed by atoms with Crippen molar-refractivity contribution >= 4 is 6.01 Å². The highest BCUT2D eigenvalue weighted by atomic mass is 16.5. The van der Waals surface area contributed by atoms with E-state index in [-0.39, 0.29) is 0 Å². The second-order valence-corrected chi connectivity index (χ2v) is 6.95. The zero-order chi connectivity index (χ0) is 17.1. The minimum atomic E-state index is -0.928. The fourth-order valence-corrected chi connectivity index (χ4v) is 3.58. The standard InChI is InChI=1S/C18H24N4O3/c23-18(12-21-8-4-5-9-21)13-22(10-11-24-14-18)17-19-16(20-25-17)15-6-2-1-3-7-15/h1-3,6-7,23H,4-5,8-14H2/t18-/m1/s1. The van der Waals surface area contributed by atoms with Crippen LogP contribution in [0.25, 0.3) is 11.4 Å². The summed E-state index contributed by atoms with van der Waals surface area (Å²) in [4.78, 5) is 8.75. The van der Waals surface area contributed by atoms with Gasteiger partial charge in [-0.2, -0.15) is 4.98 Å². The fourth-order valence-electron chi connectivity index (χ4n) is 3.58. The van der Waals surface area contributed by atoms with E-state index in [9.17, 15) is 5.11 Å². The molecule has 2 aliphatic heterocycles. The molecule has 0 saturated carbocycles. The Kier molecular flexibility index (Phi) is 4.70. The van der Waals surface area contributed by atoms with Crippen LogP contribution in [-0.2, 0) is 4.74 Å². The van der Waals surface area contributed by atoms with Gasteiger partial charge < -0.3 is 24.2 Å². The molecular weight excluding hydrogens is 320 g/mol. The summed E-state index contributed by atoms with van der Waals surface area (Å²) >= 11 is 0. The van der Waals surface area contributed by atoms with Gasteiger partial charge in [-0.25, -0.2) is 0 Å². The van der Waals surface area contributed by atoms with E-state index in [0.717, 1.165) is 18.7 Å². The summed E-state index contributed by atoms with van der Waals surface area (Å²) in [6, 6.07) is 10.2. The van der Waals surface area contributed by atoms with Crippen LogP contribution in [0.5, 0.6) is 0 Å². The Morgan fingerprint density at radius 3 is 2.72 bits per heavy atom. The van der Waals surface area contributed by atoms with Gasteiger partial charge in [-0.05, 0) is 25.9 Å².